The van der Waals surface area contributed by atoms with Gasteiger partial charge in [-0.2, -0.15) is 0 Å². The van der Waals surface area contributed by atoms with Gasteiger partial charge in [0.25, 0.3) is 5.91 Å². The maximum Gasteiger partial charge on any atom is 0.262 e. The van der Waals surface area contributed by atoms with Crippen molar-refractivity contribution in [2.45, 2.75) is 6.92 Å². The molecule has 0 unspecified atom stereocenters. The lowest BCUT2D eigenvalue weighted by Crippen LogP contribution is -2.20. The van der Waals surface area contributed by atoms with Crippen LogP contribution >= 0.6 is 22.6 Å². The van der Waals surface area contributed by atoms with Gasteiger partial charge in [-0.1, -0.05) is 18.2 Å². The molecular formula is C16H16INO3. The van der Waals surface area contributed by atoms with Crippen LogP contribution in [-0.4, -0.2) is 19.6 Å². The van der Waals surface area contributed by atoms with Gasteiger partial charge in [0, 0.05) is 9.26 Å². The van der Waals surface area contributed by atoms with E-state index in [1.807, 2.05) is 37.3 Å². The molecule has 0 aliphatic carbocycles. The minimum absolute atomic E-state index is 0.0647. The Morgan fingerprint density at radius 3 is 2.57 bits per heavy atom. The topological polar surface area (TPSA) is 47.6 Å². The van der Waals surface area contributed by atoms with Crippen LogP contribution in [-0.2, 0) is 4.79 Å². The van der Waals surface area contributed by atoms with Crippen molar-refractivity contribution in [2.24, 2.45) is 0 Å². The van der Waals surface area contributed by atoms with Gasteiger partial charge in [0.05, 0.1) is 7.11 Å². The number of hydrogen-bond acceptors (Lipinski definition) is 3. The number of para-hydroxylation sites is 2. The molecule has 0 fully saturated rings. The van der Waals surface area contributed by atoms with Gasteiger partial charge in [0.2, 0.25) is 0 Å². The van der Waals surface area contributed by atoms with Crippen LogP contribution in [0.5, 0.6) is 11.5 Å². The molecule has 0 radical (unpaired) electrons. The number of rotatable bonds is 5. The number of anilines is 1. The zero-order chi connectivity index (χ0) is 15.2. The van der Waals surface area contributed by atoms with Crippen molar-refractivity contribution in [2.75, 3.05) is 19.0 Å². The second kappa shape index (κ2) is 7.31. The normalized spacial score (nSPS) is 10.0. The summed E-state index contributed by atoms with van der Waals surface area (Å²) in [6, 6.07) is 13.0. The number of carbonyl (C=O) groups excluding carboxylic acids is 1. The number of hydrogen-bond donors (Lipinski definition) is 1. The molecule has 0 aliphatic rings. The number of benzene rings is 2. The SMILES string of the molecule is COc1ccccc1OCC(=O)Nc1ccc(C)c(I)c1. The van der Waals surface area contributed by atoms with Crippen LogP contribution in [0.4, 0.5) is 5.69 Å². The van der Waals surface area contributed by atoms with Gasteiger partial charge in [-0.3, -0.25) is 4.79 Å². The molecular weight excluding hydrogens is 381 g/mol. The molecule has 110 valence electrons. The molecule has 21 heavy (non-hydrogen) atoms. The maximum atomic E-state index is 11.9. The number of halogens is 1. The molecule has 0 atom stereocenters. The Hall–Kier alpha value is -1.76. The molecule has 0 saturated carbocycles. The van der Waals surface area contributed by atoms with Crippen molar-refractivity contribution in [3.05, 3.63) is 51.6 Å². The van der Waals surface area contributed by atoms with Crippen LogP contribution in [0.1, 0.15) is 5.56 Å². The Balaban J connectivity index is 1.94. The lowest BCUT2D eigenvalue weighted by atomic mass is 10.2. The van der Waals surface area contributed by atoms with Crippen molar-refractivity contribution in [3.63, 3.8) is 0 Å². The lowest BCUT2D eigenvalue weighted by molar-refractivity contribution is -0.118. The van der Waals surface area contributed by atoms with Gasteiger partial charge in [-0.25, -0.2) is 0 Å². The monoisotopic (exact) mass is 397 g/mol. The summed E-state index contributed by atoms with van der Waals surface area (Å²) in [5.74, 6) is 0.949. The van der Waals surface area contributed by atoms with Gasteiger partial charge >= 0.3 is 0 Å². The smallest absolute Gasteiger partial charge is 0.262 e. The lowest BCUT2D eigenvalue weighted by Gasteiger charge is -2.11. The number of methoxy groups -OCH3 is 1. The van der Waals surface area contributed by atoms with E-state index in [9.17, 15) is 4.79 Å². The Morgan fingerprint density at radius 1 is 1.19 bits per heavy atom. The minimum atomic E-state index is -0.208. The second-order valence-corrected chi connectivity index (χ2v) is 5.61. The molecule has 0 saturated heterocycles. The van der Waals surface area contributed by atoms with Crippen LogP contribution in [0.25, 0.3) is 0 Å². The highest BCUT2D eigenvalue weighted by Gasteiger charge is 2.07. The average molecular weight is 397 g/mol. The number of ether oxygens (including phenoxy) is 2. The van der Waals surface area contributed by atoms with E-state index in [4.69, 9.17) is 9.47 Å². The minimum Gasteiger partial charge on any atom is -0.493 e. The Labute approximate surface area is 137 Å². The van der Waals surface area contributed by atoms with E-state index >= 15 is 0 Å². The molecule has 1 amide bonds. The first kappa shape index (κ1) is 15.6. The predicted octanol–water partition coefficient (Wildman–Crippen LogP) is 3.63. The highest BCUT2D eigenvalue weighted by atomic mass is 127. The Kier molecular flexibility index (Phi) is 5.44. The number of amides is 1. The summed E-state index contributed by atoms with van der Waals surface area (Å²) in [6.07, 6.45) is 0. The van der Waals surface area contributed by atoms with Gasteiger partial charge in [-0.05, 0) is 59.3 Å². The Morgan fingerprint density at radius 2 is 1.90 bits per heavy atom. The number of aryl methyl sites for hydroxylation is 1. The third kappa shape index (κ3) is 4.35. The molecule has 5 heteroatoms. The molecule has 0 aliphatic heterocycles. The molecule has 1 N–H and O–H groups in total. The van der Waals surface area contributed by atoms with Crippen molar-refractivity contribution >= 4 is 34.2 Å². The summed E-state index contributed by atoms with van der Waals surface area (Å²) in [4.78, 5) is 11.9. The molecule has 2 aromatic rings. The standard InChI is InChI=1S/C16H16INO3/c1-11-7-8-12(9-13(11)17)18-16(19)10-21-15-6-4-3-5-14(15)20-2/h3-9H,10H2,1-2H3,(H,18,19). The fourth-order valence-electron chi connectivity index (χ4n) is 1.75. The highest BCUT2D eigenvalue weighted by molar-refractivity contribution is 14.1. The van der Waals surface area contributed by atoms with E-state index in [0.29, 0.717) is 11.5 Å². The third-order valence-electron chi connectivity index (χ3n) is 2.88. The number of nitrogens with one attached hydrogen (secondary N) is 1. The molecule has 0 spiro atoms. The summed E-state index contributed by atoms with van der Waals surface area (Å²) < 4.78 is 11.8. The van der Waals surface area contributed by atoms with Crippen molar-refractivity contribution < 1.29 is 14.3 Å². The highest BCUT2D eigenvalue weighted by Crippen LogP contribution is 2.25. The molecule has 0 bridgehead atoms. The van der Waals surface area contributed by atoms with E-state index in [-0.39, 0.29) is 12.5 Å². The largest absolute Gasteiger partial charge is 0.493 e. The first-order chi connectivity index (χ1) is 10.1. The molecule has 2 aromatic carbocycles. The van der Waals surface area contributed by atoms with Crippen LogP contribution < -0.4 is 14.8 Å². The summed E-state index contributed by atoms with van der Waals surface area (Å²) in [5.41, 5.74) is 1.94. The third-order valence-corrected chi connectivity index (χ3v) is 4.05. The number of carbonyl (C=O) groups is 1. The van der Waals surface area contributed by atoms with E-state index < -0.39 is 0 Å². The Bertz CT molecular complexity index is 643. The van der Waals surface area contributed by atoms with Gasteiger partial charge in [-0.15, -0.1) is 0 Å². The average Bonchev–Trinajstić information content (AvgIpc) is 2.49. The fourth-order valence-corrected chi connectivity index (χ4v) is 2.26. The van der Waals surface area contributed by atoms with Gasteiger partial charge in [0.1, 0.15) is 0 Å². The van der Waals surface area contributed by atoms with Crippen LogP contribution in [0.2, 0.25) is 0 Å². The van der Waals surface area contributed by atoms with E-state index in [1.54, 1.807) is 19.2 Å². The van der Waals surface area contributed by atoms with E-state index in [2.05, 4.69) is 27.9 Å². The molecule has 4 nitrogen and oxygen atoms in total. The van der Waals surface area contributed by atoms with Crippen molar-refractivity contribution in [1.29, 1.82) is 0 Å². The summed E-state index contributed by atoms with van der Waals surface area (Å²) in [6.45, 7) is 1.96. The maximum absolute atomic E-state index is 11.9. The quantitative estimate of drug-likeness (QED) is 0.785. The fraction of sp³-hybridized carbons (Fsp3) is 0.188. The summed E-state index contributed by atoms with van der Waals surface area (Å²) in [7, 11) is 1.57. The second-order valence-electron chi connectivity index (χ2n) is 4.45. The van der Waals surface area contributed by atoms with Crippen LogP contribution in [0.3, 0.4) is 0 Å². The summed E-state index contributed by atoms with van der Waals surface area (Å²) in [5, 5.41) is 2.81. The first-order valence-electron chi connectivity index (χ1n) is 6.42. The van der Waals surface area contributed by atoms with Crippen LogP contribution in [0.15, 0.2) is 42.5 Å². The van der Waals surface area contributed by atoms with Gasteiger partial charge < -0.3 is 14.8 Å². The zero-order valence-corrected chi connectivity index (χ0v) is 14.0. The van der Waals surface area contributed by atoms with E-state index in [1.165, 1.54) is 5.56 Å². The molecule has 0 heterocycles. The summed E-state index contributed by atoms with van der Waals surface area (Å²) >= 11 is 2.24. The van der Waals surface area contributed by atoms with Crippen LogP contribution in [0, 0.1) is 10.5 Å². The van der Waals surface area contributed by atoms with Gasteiger partial charge in [0.15, 0.2) is 18.1 Å². The predicted molar refractivity (Wildman–Crippen MR) is 91.0 cm³/mol. The van der Waals surface area contributed by atoms with Crippen molar-refractivity contribution in [1.82, 2.24) is 0 Å². The molecule has 2 rings (SSSR count). The molecule has 0 aromatic heterocycles. The zero-order valence-electron chi connectivity index (χ0n) is 11.9. The first-order valence-corrected chi connectivity index (χ1v) is 7.50. The van der Waals surface area contributed by atoms with E-state index in [0.717, 1.165) is 9.26 Å². The van der Waals surface area contributed by atoms with Crippen molar-refractivity contribution in [3.8, 4) is 11.5 Å².